The van der Waals surface area contributed by atoms with Gasteiger partial charge in [0, 0.05) is 19.8 Å². The Bertz CT molecular complexity index is 209. The summed E-state index contributed by atoms with van der Waals surface area (Å²) in [5.41, 5.74) is 0. The van der Waals surface area contributed by atoms with Crippen LogP contribution in [0.2, 0.25) is 0 Å². The molecule has 0 aromatic heterocycles. The van der Waals surface area contributed by atoms with Crippen LogP contribution in [0.25, 0.3) is 0 Å². The van der Waals surface area contributed by atoms with Crippen LogP contribution in [0.1, 0.15) is 26.2 Å². The Morgan fingerprint density at radius 1 is 1.50 bits per heavy atom. The van der Waals surface area contributed by atoms with Gasteiger partial charge in [0.05, 0.1) is 6.42 Å². The van der Waals surface area contributed by atoms with Gasteiger partial charge in [-0.3, -0.25) is 9.59 Å². The van der Waals surface area contributed by atoms with Gasteiger partial charge in [0.2, 0.25) is 5.91 Å². The lowest BCUT2D eigenvalue weighted by atomic mass is 10.1. The molecule has 0 spiro atoms. The molecule has 0 radical (unpaired) electrons. The second-order valence-electron chi connectivity index (χ2n) is 3.75. The number of carbonyl (C=O) groups is 2. The molecule has 1 rings (SSSR count). The summed E-state index contributed by atoms with van der Waals surface area (Å²) in [5.74, 6) is 0.316. The maximum atomic E-state index is 11.1. The number of amides is 1. The molecule has 1 heterocycles. The summed E-state index contributed by atoms with van der Waals surface area (Å²) in [6, 6.07) is 0. The van der Waals surface area contributed by atoms with Crippen LogP contribution >= 0.6 is 0 Å². The fraction of sp³-hybridized carbons (Fsp3) is 0.800. The highest BCUT2D eigenvalue weighted by molar-refractivity contribution is 5.96. The molecule has 1 saturated heterocycles. The summed E-state index contributed by atoms with van der Waals surface area (Å²) in [6.45, 7) is 3.72. The summed E-state index contributed by atoms with van der Waals surface area (Å²) in [6.07, 6.45) is 2.04. The molecule has 1 aliphatic heterocycles. The van der Waals surface area contributed by atoms with Gasteiger partial charge in [-0.05, 0) is 25.7 Å². The minimum Gasteiger partial charge on any atom is -0.381 e. The van der Waals surface area contributed by atoms with Gasteiger partial charge in [-0.15, -0.1) is 0 Å². The predicted molar refractivity (Wildman–Crippen MR) is 51.9 cm³/mol. The lowest BCUT2D eigenvalue weighted by Crippen LogP contribution is -2.27. The summed E-state index contributed by atoms with van der Waals surface area (Å²) >= 11 is 0. The van der Waals surface area contributed by atoms with Crippen molar-refractivity contribution < 1.29 is 14.3 Å². The van der Waals surface area contributed by atoms with Gasteiger partial charge in [-0.2, -0.15) is 0 Å². The number of carbonyl (C=O) groups excluding carboxylic acids is 2. The number of ether oxygens (including phenoxy) is 1. The fourth-order valence-electron chi connectivity index (χ4n) is 1.52. The average Bonchev–Trinajstić information content (AvgIpc) is 2.55. The van der Waals surface area contributed by atoms with E-state index in [-0.39, 0.29) is 18.1 Å². The molecule has 1 N–H and O–H groups in total. The summed E-state index contributed by atoms with van der Waals surface area (Å²) < 4.78 is 5.21. The van der Waals surface area contributed by atoms with E-state index in [0.29, 0.717) is 12.5 Å². The van der Waals surface area contributed by atoms with Crippen LogP contribution in [0, 0.1) is 5.92 Å². The monoisotopic (exact) mass is 199 g/mol. The maximum Gasteiger partial charge on any atom is 0.227 e. The van der Waals surface area contributed by atoms with E-state index in [9.17, 15) is 9.59 Å². The van der Waals surface area contributed by atoms with E-state index in [0.717, 1.165) is 26.1 Å². The van der Waals surface area contributed by atoms with Gasteiger partial charge in [0.25, 0.3) is 0 Å². The molecule has 1 amide bonds. The van der Waals surface area contributed by atoms with Crippen molar-refractivity contribution in [1.29, 1.82) is 0 Å². The highest BCUT2D eigenvalue weighted by Crippen LogP contribution is 2.14. The molecule has 80 valence electrons. The Balaban J connectivity index is 2.02. The van der Waals surface area contributed by atoms with Crippen LogP contribution in [-0.4, -0.2) is 31.4 Å². The number of hydrogen-bond acceptors (Lipinski definition) is 3. The van der Waals surface area contributed by atoms with Crippen molar-refractivity contribution in [3.8, 4) is 0 Å². The number of ketones is 1. The van der Waals surface area contributed by atoms with Crippen LogP contribution in [0.3, 0.4) is 0 Å². The Morgan fingerprint density at radius 2 is 2.29 bits per heavy atom. The van der Waals surface area contributed by atoms with Crippen molar-refractivity contribution in [1.82, 2.24) is 5.32 Å². The molecule has 1 fully saturated rings. The molecule has 0 bridgehead atoms. The van der Waals surface area contributed by atoms with E-state index in [1.54, 1.807) is 0 Å². The zero-order valence-electron chi connectivity index (χ0n) is 8.54. The van der Waals surface area contributed by atoms with Crippen LogP contribution in [0.4, 0.5) is 0 Å². The molecule has 0 aliphatic carbocycles. The summed E-state index contributed by atoms with van der Waals surface area (Å²) in [5, 5.41) is 2.73. The molecule has 0 saturated carbocycles. The third-order valence-electron chi connectivity index (χ3n) is 2.31. The summed E-state index contributed by atoms with van der Waals surface area (Å²) in [4.78, 5) is 21.7. The first-order valence-electron chi connectivity index (χ1n) is 5.02. The lowest BCUT2D eigenvalue weighted by molar-refractivity contribution is -0.127. The molecule has 14 heavy (non-hydrogen) atoms. The van der Waals surface area contributed by atoms with Crippen molar-refractivity contribution in [2.45, 2.75) is 26.2 Å². The van der Waals surface area contributed by atoms with Gasteiger partial charge < -0.3 is 10.1 Å². The first kappa shape index (κ1) is 11.2. The first-order valence-corrected chi connectivity index (χ1v) is 5.02. The van der Waals surface area contributed by atoms with Crippen molar-refractivity contribution in [2.75, 3.05) is 19.8 Å². The van der Waals surface area contributed by atoms with Gasteiger partial charge in [0.1, 0.15) is 5.78 Å². The van der Waals surface area contributed by atoms with E-state index >= 15 is 0 Å². The van der Waals surface area contributed by atoms with Gasteiger partial charge in [-0.25, -0.2) is 0 Å². The van der Waals surface area contributed by atoms with Crippen LogP contribution in [0.15, 0.2) is 0 Å². The fourth-order valence-corrected chi connectivity index (χ4v) is 1.52. The Hall–Kier alpha value is -0.900. The largest absolute Gasteiger partial charge is 0.381 e. The Labute approximate surface area is 84.0 Å². The molecular weight excluding hydrogens is 182 g/mol. The van der Waals surface area contributed by atoms with Crippen LogP contribution < -0.4 is 5.32 Å². The second-order valence-corrected chi connectivity index (χ2v) is 3.75. The van der Waals surface area contributed by atoms with E-state index in [1.807, 2.05) is 0 Å². The average molecular weight is 199 g/mol. The van der Waals surface area contributed by atoms with Crippen LogP contribution in [0.5, 0.6) is 0 Å². The molecule has 4 heteroatoms. The standard InChI is InChI=1S/C10H17NO3/c1-8(12)6-10(13)11-4-2-9-3-5-14-7-9/h9H,2-7H2,1H3,(H,11,13). The molecule has 1 aliphatic rings. The topological polar surface area (TPSA) is 55.4 Å². The third-order valence-corrected chi connectivity index (χ3v) is 2.31. The Kier molecular flexibility index (Phi) is 4.59. The quantitative estimate of drug-likeness (QED) is 0.656. The van der Waals surface area contributed by atoms with Crippen LogP contribution in [-0.2, 0) is 14.3 Å². The number of nitrogens with one attached hydrogen (secondary N) is 1. The van der Waals surface area contributed by atoms with Crippen molar-refractivity contribution in [2.24, 2.45) is 5.92 Å². The smallest absolute Gasteiger partial charge is 0.227 e. The second kappa shape index (κ2) is 5.75. The van der Waals surface area contributed by atoms with Crippen molar-refractivity contribution >= 4 is 11.7 Å². The maximum absolute atomic E-state index is 11.1. The van der Waals surface area contributed by atoms with E-state index in [1.165, 1.54) is 6.92 Å². The van der Waals surface area contributed by atoms with Crippen molar-refractivity contribution in [3.05, 3.63) is 0 Å². The SMILES string of the molecule is CC(=O)CC(=O)NCCC1CCOC1. The molecule has 1 atom stereocenters. The number of rotatable bonds is 5. The van der Waals surface area contributed by atoms with Gasteiger partial charge in [-0.1, -0.05) is 0 Å². The minimum atomic E-state index is -0.170. The highest BCUT2D eigenvalue weighted by Gasteiger charge is 2.15. The molecule has 4 nitrogen and oxygen atoms in total. The van der Waals surface area contributed by atoms with E-state index < -0.39 is 0 Å². The predicted octanol–water partition coefficient (Wildman–Crippen LogP) is 0.508. The molecular formula is C10H17NO3. The van der Waals surface area contributed by atoms with E-state index in [2.05, 4.69) is 5.32 Å². The number of hydrogen-bond donors (Lipinski definition) is 1. The summed E-state index contributed by atoms with van der Waals surface area (Å²) in [7, 11) is 0. The van der Waals surface area contributed by atoms with Gasteiger partial charge in [0.15, 0.2) is 0 Å². The zero-order valence-corrected chi connectivity index (χ0v) is 8.54. The molecule has 0 aromatic rings. The third kappa shape index (κ3) is 4.37. The first-order chi connectivity index (χ1) is 6.68. The number of Topliss-reactive ketones (excluding diaryl/α,β-unsaturated/α-hetero) is 1. The highest BCUT2D eigenvalue weighted by atomic mass is 16.5. The zero-order chi connectivity index (χ0) is 10.4. The van der Waals surface area contributed by atoms with Gasteiger partial charge >= 0.3 is 0 Å². The lowest BCUT2D eigenvalue weighted by Gasteiger charge is -2.07. The van der Waals surface area contributed by atoms with E-state index in [4.69, 9.17) is 4.74 Å². The minimum absolute atomic E-state index is 0.00116. The molecule has 1 unspecified atom stereocenters. The Morgan fingerprint density at radius 3 is 2.86 bits per heavy atom. The van der Waals surface area contributed by atoms with Crippen molar-refractivity contribution in [3.63, 3.8) is 0 Å². The normalized spacial score (nSPS) is 20.8. The molecule has 0 aromatic carbocycles.